The van der Waals surface area contributed by atoms with Gasteiger partial charge in [-0.1, -0.05) is 12.1 Å². The Bertz CT molecular complexity index is 804. The van der Waals surface area contributed by atoms with Crippen molar-refractivity contribution in [2.75, 3.05) is 25.6 Å². The van der Waals surface area contributed by atoms with E-state index >= 15 is 0 Å². The lowest BCUT2D eigenvalue weighted by molar-refractivity contribution is -0.118. The number of ether oxygens (including phenoxy) is 2. The molecule has 2 rings (SSSR count). The number of nitrogens with one attached hydrogen (secondary N) is 2. The van der Waals surface area contributed by atoms with Gasteiger partial charge in [-0.05, 0) is 43.3 Å². The van der Waals surface area contributed by atoms with Crippen LogP contribution < -0.4 is 15.4 Å². The quantitative estimate of drug-likeness (QED) is 0.742. The molecule has 0 heterocycles. The molecule has 136 valence electrons. The molecule has 0 aliphatic rings. The van der Waals surface area contributed by atoms with Gasteiger partial charge in [-0.3, -0.25) is 9.59 Å². The number of carbonyl (C=O) groups excluding carboxylic acids is 3. The average molecular weight is 356 g/mol. The molecule has 0 unspecified atom stereocenters. The summed E-state index contributed by atoms with van der Waals surface area (Å²) < 4.78 is 10.0. The normalized spacial score (nSPS) is 9.92. The molecule has 0 saturated carbocycles. The van der Waals surface area contributed by atoms with Crippen molar-refractivity contribution in [2.45, 2.75) is 6.92 Å². The van der Waals surface area contributed by atoms with E-state index in [-0.39, 0.29) is 18.4 Å². The van der Waals surface area contributed by atoms with Crippen molar-refractivity contribution in [3.05, 3.63) is 59.7 Å². The molecule has 26 heavy (non-hydrogen) atoms. The summed E-state index contributed by atoms with van der Waals surface area (Å²) in [6.07, 6.45) is 0. The van der Waals surface area contributed by atoms with Gasteiger partial charge >= 0.3 is 5.97 Å². The number of hydrogen-bond acceptors (Lipinski definition) is 5. The fourth-order valence-electron chi connectivity index (χ4n) is 2.18. The summed E-state index contributed by atoms with van der Waals surface area (Å²) in [7, 11) is 1.29. The minimum Gasteiger partial charge on any atom is -0.484 e. The highest BCUT2D eigenvalue weighted by molar-refractivity contribution is 5.97. The standard InChI is InChI=1S/C19H20N2O5/c1-3-20-18(23)13-6-4-8-15(10-13)21-17(22)12-26-16-9-5-7-14(11-16)19(24)25-2/h4-11H,3,12H2,1-2H3,(H,20,23)(H,21,22). The zero-order valence-electron chi connectivity index (χ0n) is 14.6. The van der Waals surface area contributed by atoms with Crippen LogP contribution in [0.15, 0.2) is 48.5 Å². The number of amides is 2. The van der Waals surface area contributed by atoms with Crippen LogP contribution in [0.1, 0.15) is 27.6 Å². The van der Waals surface area contributed by atoms with E-state index in [4.69, 9.17) is 4.74 Å². The molecule has 0 fully saturated rings. The molecule has 7 nitrogen and oxygen atoms in total. The van der Waals surface area contributed by atoms with E-state index in [1.807, 2.05) is 6.92 Å². The van der Waals surface area contributed by atoms with Crippen molar-refractivity contribution in [3.63, 3.8) is 0 Å². The van der Waals surface area contributed by atoms with Crippen LogP contribution in [0.2, 0.25) is 0 Å². The van der Waals surface area contributed by atoms with Crippen molar-refractivity contribution in [3.8, 4) is 5.75 Å². The minimum absolute atomic E-state index is 0.209. The van der Waals surface area contributed by atoms with E-state index in [1.165, 1.54) is 13.2 Å². The molecule has 0 radical (unpaired) electrons. The Labute approximate surface area is 151 Å². The number of anilines is 1. The average Bonchev–Trinajstić information content (AvgIpc) is 2.66. The molecule has 2 aromatic rings. The third kappa shape index (κ3) is 5.34. The maximum absolute atomic E-state index is 12.0. The van der Waals surface area contributed by atoms with Gasteiger partial charge in [-0.2, -0.15) is 0 Å². The van der Waals surface area contributed by atoms with Gasteiger partial charge in [-0.15, -0.1) is 0 Å². The topological polar surface area (TPSA) is 93.7 Å². The highest BCUT2D eigenvalue weighted by Gasteiger charge is 2.09. The van der Waals surface area contributed by atoms with E-state index in [0.29, 0.717) is 29.1 Å². The molecule has 7 heteroatoms. The van der Waals surface area contributed by atoms with Crippen LogP contribution >= 0.6 is 0 Å². The Morgan fingerprint density at radius 3 is 2.46 bits per heavy atom. The van der Waals surface area contributed by atoms with Crippen LogP contribution in [-0.2, 0) is 9.53 Å². The van der Waals surface area contributed by atoms with Crippen molar-refractivity contribution in [1.82, 2.24) is 5.32 Å². The Hall–Kier alpha value is -3.35. The molecular formula is C19H20N2O5. The lowest BCUT2D eigenvalue weighted by atomic mass is 10.2. The van der Waals surface area contributed by atoms with Crippen LogP contribution in [-0.4, -0.2) is 38.0 Å². The van der Waals surface area contributed by atoms with Gasteiger partial charge in [0.1, 0.15) is 5.75 Å². The maximum Gasteiger partial charge on any atom is 0.337 e. The summed E-state index contributed by atoms with van der Waals surface area (Å²) >= 11 is 0. The van der Waals surface area contributed by atoms with Gasteiger partial charge in [0.2, 0.25) is 0 Å². The second kappa shape index (κ2) is 9.22. The van der Waals surface area contributed by atoms with Gasteiger partial charge in [0.15, 0.2) is 6.61 Å². The zero-order valence-corrected chi connectivity index (χ0v) is 14.6. The molecule has 2 aromatic carbocycles. The van der Waals surface area contributed by atoms with Crippen LogP contribution in [0.25, 0.3) is 0 Å². The molecule has 0 spiro atoms. The third-order valence-electron chi connectivity index (χ3n) is 3.37. The Morgan fingerprint density at radius 1 is 1.00 bits per heavy atom. The molecule has 0 atom stereocenters. The van der Waals surface area contributed by atoms with Crippen LogP contribution in [0.5, 0.6) is 5.75 Å². The van der Waals surface area contributed by atoms with Crippen LogP contribution in [0, 0.1) is 0 Å². The first-order valence-corrected chi connectivity index (χ1v) is 8.02. The highest BCUT2D eigenvalue weighted by Crippen LogP contribution is 2.15. The Balaban J connectivity index is 1.94. The summed E-state index contributed by atoms with van der Waals surface area (Å²) in [5.74, 6) is -0.706. The molecule has 0 aromatic heterocycles. The summed E-state index contributed by atoms with van der Waals surface area (Å²) in [5, 5.41) is 5.36. The van der Waals surface area contributed by atoms with Crippen LogP contribution in [0.3, 0.4) is 0 Å². The number of rotatable bonds is 7. The first-order valence-electron chi connectivity index (χ1n) is 8.02. The second-order valence-corrected chi connectivity index (χ2v) is 5.30. The van der Waals surface area contributed by atoms with Crippen molar-refractivity contribution < 1.29 is 23.9 Å². The summed E-state index contributed by atoms with van der Waals surface area (Å²) in [6, 6.07) is 13.0. The second-order valence-electron chi connectivity index (χ2n) is 5.30. The molecular weight excluding hydrogens is 336 g/mol. The van der Waals surface area contributed by atoms with Crippen molar-refractivity contribution in [2.24, 2.45) is 0 Å². The fraction of sp³-hybridized carbons (Fsp3) is 0.211. The maximum atomic E-state index is 12.0. The monoisotopic (exact) mass is 356 g/mol. The van der Waals surface area contributed by atoms with E-state index in [0.717, 1.165) is 0 Å². The van der Waals surface area contributed by atoms with Gasteiger partial charge in [0.25, 0.3) is 11.8 Å². The fourth-order valence-corrected chi connectivity index (χ4v) is 2.18. The number of carbonyl (C=O) groups is 3. The Morgan fingerprint density at radius 2 is 1.73 bits per heavy atom. The van der Waals surface area contributed by atoms with Crippen LogP contribution in [0.4, 0.5) is 5.69 Å². The van der Waals surface area contributed by atoms with E-state index < -0.39 is 5.97 Å². The zero-order chi connectivity index (χ0) is 18.9. The van der Waals surface area contributed by atoms with Gasteiger partial charge in [0.05, 0.1) is 12.7 Å². The van der Waals surface area contributed by atoms with Crippen molar-refractivity contribution in [1.29, 1.82) is 0 Å². The van der Waals surface area contributed by atoms with Gasteiger partial charge in [-0.25, -0.2) is 4.79 Å². The number of hydrogen-bond donors (Lipinski definition) is 2. The SMILES string of the molecule is CCNC(=O)c1cccc(NC(=O)COc2cccc(C(=O)OC)c2)c1. The minimum atomic E-state index is -0.484. The third-order valence-corrected chi connectivity index (χ3v) is 3.37. The van der Waals surface area contributed by atoms with E-state index in [1.54, 1.807) is 42.5 Å². The first kappa shape index (κ1) is 19.0. The van der Waals surface area contributed by atoms with E-state index in [2.05, 4.69) is 15.4 Å². The smallest absolute Gasteiger partial charge is 0.337 e. The molecule has 0 aliphatic heterocycles. The van der Waals surface area contributed by atoms with Gasteiger partial charge in [0, 0.05) is 17.8 Å². The number of methoxy groups -OCH3 is 1. The Kier molecular flexibility index (Phi) is 6.73. The predicted molar refractivity (Wildman–Crippen MR) is 96.4 cm³/mol. The summed E-state index contributed by atoms with van der Waals surface area (Å²) in [5.41, 5.74) is 1.28. The number of benzene rings is 2. The molecule has 2 amide bonds. The molecule has 0 aliphatic carbocycles. The molecule has 2 N–H and O–H groups in total. The van der Waals surface area contributed by atoms with Gasteiger partial charge < -0.3 is 20.1 Å². The summed E-state index contributed by atoms with van der Waals surface area (Å²) in [6.45, 7) is 2.11. The van der Waals surface area contributed by atoms with Crippen molar-refractivity contribution >= 4 is 23.5 Å². The lowest BCUT2D eigenvalue weighted by Crippen LogP contribution is -2.23. The molecule has 0 bridgehead atoms. The highest BCUT2D eigenvalue weighted by atomic mass is 16.5. The van der Waals surface area contributed by atoms with E-state index in [9.17, 15) is 14.4 Å². The molecule has 0 saturated heterocycles. The summed E-state index contributed by atoms with van der Waals surface area (Å²) in [4.78, 5) is 35.3. The largest absolute Gasteiger partial charge is 0.484 e. The predicted octanol–water partition coefficient (Wildman–Crippen LogP) is 2.24. The number of esters is 1. The first-order chi connectivity index (χ1) is 12.5. The lowest BCUT2D eigenvalue weighted by Gasteiger charge is -2.09.